The number of benzene rings is 2. The Kier molecular flexibility index (Phi) is 3.45. The number of nitrogens with one attached hydrogen (secondary N) is 1. The maximum Gasteiger partial charge on any atom is 0.354 e. The summed E-state index contributed by atoms with van der Waals surface area (Å²) in [5, 5.41) is 3.98. The van der Waals surface area contributed by atoms with Gasteiger partial charge in [0.05, 0.1) is 11.2 Å². The Labute approximate surface area is 142 Å². The number of para-hydroxylation sites is 1. The van der Waals surface area contributed by atoms with Crippen LogP contribution in [0, 0.1) is 0 Å². The van der Waals surface area contributed by atoms with Crippen molar-refractivity contribution in [1.29, 1.82) is 0 Å². The summed E-state index contributed by atoms with van der Waals surface area (Å²) in [7, 11) is 1.79. The Morgan fingerprint density at radius 2 is 2.00 bits per heavy atom. The van der Waals surface area contributed by atoms with Crippen LogP contribution in [0.4, 0.5) is 5.82 Å². The van der Waals surface area contributed by atoms with Gasteiger partial charge in [0.2, 0.25) is 0 Å². The molecular formula is C18H16BrN3O. The highest BCUT2D eigenvalue weighted by molar-refractivity contribution is 9.10. The van der Waals surface area contributed by atoms with Gasteiger partial charge in [0.1, 0.15) is 5.82 Å². The number of aromatic nitrogens is 2. The molecule has 0 aliphatic heterocycles. The fraction of sp³-hybridized carbons (Fsp3) is 0.222. The van der Waals surface area contributed by atoms with Crippen molar-refractivity contribution in [3.63, 3.8) is 0 Å². The van der Waals surface area contributed by atoms with Gasteiger partial charge >= 0.3 is 5.69 Å². The largest absolute Gasteiger partial charge is 0.372 e. The maximum atomic E-state index is 12.7. The minimum atomic E-state index is -0.276. The van der Waals surface area contributed by atoms with Crippen LogP contribution in [0.5, 0.6) is 0 Å². The predicted molar refractivity (Wildman–Crippen MR) is 96.6 cm³/mol. The van der Waals surface area contributed by atoms with Gasteiger partial charge in [-0.25, -0.2) is 4.79 Å². The van der Waals surface area contributed by atoms with E-state index in [0.717, 1.165) is 21.1 Å². The number of nitrogens with zero attached hydrogens (tertiary/aromatic N) is 2. The second-order valence-corrected chi connectivity index (χ2v) is 6.69. The monoisotopic (exact) mass is 369 g/mol. The highest BCUT2D eigenvalue weighted by Crippen LogP contribution is 2.41. The van der Waals surface area contributed by atoms with Crippen LogP contribution in [0.2, 0.25) is 0 Å². The molecule has 3 aromatic rings. The zero-order chi connectivity index (χ0) is 16.0. The topological polar surface area (TPSA) is 46.9 Å². The van der Waals surface area contributed by atoms with Crippen molar-refractivity contribution in [2.45, 2.75) is 18.8 Å². The number of fused-ring (bicyclic) bond motifs is 1. The summed E-state index contributed by atoms with van der Waals surface area (Å²) in [5.74, 6) is 1.25. The molecule has 0 spiro atoms. The second-order valence-electron chi connectivity index (χ2n) is 5.83. The van der Waals surface area contributed by atoms with Crippen molar-refractivity contribution in [1.82, 2.24) is 9.55 Å². The van der Waals surface area contributed by atoms with Crippen molar-refractivity contribution >= 4 is 32.7 Å². The van der Waals surface area contributed by atoms with Crippen molar-refractivity contribution in [3.05, 3.63) is 63.0 Å². The molecule has 0 saturated heterocycles. The van der Waals surface area contributed by atoms with Crippen molar-refractivity contribution < 1.29 is 0 Å². The van der Waals surface area contributed by atoms with E-state index in [0.29, 0.717) is 11.7 Å². The molecule has 5 heteroatoms. The first-order valence-corrected chi connectivity index (χ1v) is 8.47. The van der Waals surface area contributed by atoms with Crippen LogP contribution >= 0.6 is 15.9 Å². The Balaban J connectivity index is 2.09. The Hall–Kier alpha value is -2.14. The van der Waals surface area contributed by atoms with Crippen molar-refractivity contribution in [3.8, 4) is 5.69 Å². The van der Waals surface area contributed by atoms with E-state index in [2.05, 4.69) is 44.4 Å². The van der Waals surface area contributed by atoms with Crippen LogP contribution in [0.1, 0.15) is 24.3 Å². The first kappa shape index (κ1) is 14.5. The number of anilines is 1. The van der Waals surface area contributed by atoms with E-state index < -0.39 is 0 Å². The Bertz CT molecular complexity index is 960. The zero-order valence-electron chi connectivity index (χ0n) is 12.7. The maximum absolute atomic E-state index is 12.7. The number of halogens is 1. The summed E-state index contributed by atoms with van der Waals surface area (Å²) in [4.78, 5) is 16.9. The van der Waals surface area contributed by atoms with Crippen LogP contribution in [0.3, 0.4) is 0 Å². The predicted octanol–water partition coefficient (Wildman–Crippen LogP) is 4.07. The van der Waals surface area contributed by atoms with E-state index in [1.54, 1.807) is 11.6 Å². The molecule has 0 atom stereocenters. The molecule has 4 nitrogen and oxygen atoms in total. The van der Waals surface area contributed by atoms with E-state index in [9.17, 15) is 4.79 Å². The molecule has 4 rings (SSSR count). The molecule has 1 heterocycles. The molecular weight excluding hydrogens is 354 g/mol. The molecule has 1 N–H and O–H groups in total. The minimum Gasteiger partial charge on any atom is -0.372 e. The van der Waals surface area contributed by atoms with Gasteiger partial charge in [-0.3, -0.25) is 4.57 Å². The number of hydrogen-bond donors (Lipinski definition) is 1. The van der Waals surface area contributed by atoms with E-state index in [-0.39, 0.29) is 5.69 Å². The Morgan fingerprint density at radius 3 is 2.70 bits per heavy atom. The molecule has 2 aromatic carbocycles. The summed E-state index contributed by atoms with van der Waals surface area (Å²) in [6, 6.07) is 14.1. The van der Waals surface area contributed by atoms with Crippen molar-refractivity contribution in [2.75, 3.05) is 12.4 Å². The molecule has 1 aliphatic rings. The van der Waals surface area contributed by atoms with Crippen LogP contribution < -0.4 is 11.0 Å². The van der Waals surface area contributed by atoms with Gasteiger partial charge in [0.15, 0.2) is 0 Å². The van der Waals surface area contributed by atoms with E-state index in [1.807, 2.05) is 24.3 Å². The summed E-state index contributed by atoms with van der Waals surface area (Å²) in [6.45, 7) is 0. The lowest BCUT2D eigenvalue weighted by Gasteiger charge is -2.14. The SMILES string of the molecule is CNc1nc(=O)n(-c2ccccc2Br)c2cc(C3CC3)ccc12. The molecule has 1 fully saturated rings. The van der Waals surface area contributed by atoms with Crippen molar-refractivity contribution in [2.24, 2.45) is 0 Å². The summed E-state index contributed by atoms with van der Waals surface area (Å²) < 4.78 is 2.56. The third-order valence-electron chi connectivity index (χ3n) is 4.30. The quantitative estimate of drug-likeness (QED) is 0.756. The third kappa shape index (κ3) is 2.45. The smallest absolute Gasteiger partial charge is 0.354 e. The highest BCUT2D eigenvalue weighted by atomic mass is 79.9. The van der Waals surface area contributed by atoms with Gasteiger partial charge in [-0.05, 0) is 64.5 Å². The van der Waals surface area contributed by atoms with Crippen LogP contribution in [0.25, 0.3) is 16.6 Å². The standard InChI is InChI=1S/C18H16BrN3O/c1-20-17-13-9-8-12(11-6-7-11)10-16(13)22(18(23)21-17)15-5-3-2-4-14(15)19/h2-5,8-11H,6-7H2,1H3,(H,20,21,23). The van der Waals surface area contributed by atoms with Gasteiger partial charge in [-0.1, -0.05) is 18.2 Å². The lowest BCUT2D eigenvalue weighted by molar-refractivity contribution is 0.953. The van der Waals surface area contributed by atoms with Gasteiger partial charge in [0, 0.05) is 16.9 Å². The minimum absolute atomic E-state index is 0.276. The van der Waals surface area contributed by atoms with Gasteiger partial charge < -0.3 is 5.32 Å². The molecule has 0 radical (unpaired) electrons. The third-order valence-corrected chi connectivity index (χ3v) is 4.97. The molecule has 0 bridgehead atoms. The van der Waals surface area contributed by atoms with E-state index in [4.69, 9.17) is 0 Å². The first-order valence-electron chi connectivity index (χ1n) is 7.68. The van der Waals surface area contributed by atoms with Crippen LogP contribution in [-0.2, 0) is 0 Å². The summed E-state index contributed by atoms with van der Waals surface area (Å²) in [6.07, 6.45) is 2.46. The van der Waals surface area contributed by atoms with Gasteiger partial charge in [-0.15, -0.1) is 0 Å². The summed E-state index contributed by atoms with van der Waals surface area (Å²) >= 11 is 3.55. The van der Waals surface area contributed by atoms with Gasteiger partial charge in [0.25, 0.3) is 0 Å². The molecule has 1 aliphatic carbocycles. The highest BCUT2D eigenvalue weighted by Gasteiger charge is 2.24. The number of hydrogen-bond acceptors (Lipinski definition) is 3. The van der Waals surface area contributed by atoms with E-state index >= 15 is 0 Å². The normalized spacial score (nSPS) is 14.2. The lowest BCUT2D eigenvalue weighted by atomic mass is 10.1. The Morgan fingerprint density at radius 1 is 1.22 bits per heavy atom. The average molecular weight is 370 g/mol. The molecule has 116 valence electrons. The lowest BCUT2D eigenvalue weighted by Crippen LogP contribution is -2.23. The average Bonchev–Trinajstić information content (AvgIpc) is 3.40. The molecule has 1 saturated carbocycles. The number of rotatable bonds is 3. The van der Waals surface area contributed by atoms with E-state index in [1.165, 1.54) is 18.4 Å². The molecule has 23 heavy (non-hydrogen) atoms. The second kappa shape index (κ2) is 5.49. The molecule has 0 unspecified atom stereocenters. The fourth-order valence-corrected chi connectivity index (χ4v) is 3.43. The fourth-order valence-electron chi connectivity index (χ4n) is 2.97. The molecule has 1 aromatic heterocycles. The van der Waals surface area contributed by atoms with Crippen LogP contribution in [-0.4, -0.2) is 16.6 Å². The summed E-state index contributed by atoms with van der Waals surface area (Å²) in [5.41, 5.74) is 2.73. The zero-order valence-corrected chi connectivity index (χ0v) is 14.3. The first-order chi connectivity index (χ1) is 11.2. The van der Waals surface area contributed by atoms with Gasteiger partial charge in [-0.2, -0.15) is 4.98 Å². The molecule has 0 amide bonds. The van der Waals surface area contributed by atoms with Crippen LogP contribution in [0.15, 0.2) is 51.7 Å².